The van der Waals surface area contributed by atoms with Gasteiger partial charge in [0, 0.05) is 37.7 Å². The number of nitrogens with zero attached hydrogens (tertiary/aromatic N) is 2. The van der Waals surface area contributed by atoms with E-state index in [4.69, 9.17) is 16.7 Å². The summed E-state index contributed by atoms with van der Waals surface area (Å²) >= 11 is 5.88. The Labute approximate surface area is 200 Å². The van der Waals surface area contributed by atoms with Crippen LogP contribution in [0, 0.1) is 0 Å². The largest absolute Gasteiger partial charge is 0.396 e. The maximum atomic E-state index is 9.08. The summed E-state index contributed by atoms with van der Waals surface area (Å²) in [7, 11) is 0. The molecule has 0 spiro atoms. The number of rotatable bonds is 8. The second-order valence-electron chi connectivity index (χ2n) is 9.20. The molecule has 2 fully saturated rings. The van der Waals surface area contributed by atoms with Gasteiger partial charge in [-0.2, -0.15) is 0 Å². The average Bonchev–Trinajstić information content (AvgIpc) is 2.84. The molecule has 0 aliphatic carbocycles. The van der Waals surface area contributed by atoms with Gasteiger partial charge in [0.05, 0.1) is 0 Å². The van der Waals surface area contributed by atoms with Gasteiger partial charge in [-0.25, -0.2) is 0 Å². The van der Waals surface area contributed by atoms with Crippen molar-refractivity contribution in [1.82, 2.24) is 9.80 Å². The molecule has 2 aromatic rings. The van der Waals surface area contributed by atoms with E-state index in [2.05, 4.69) is 70.5 Å². The van der Waals surface area contributed by atoms with E-state index in [1.807, 2.05) is 0 Å². The molecular weight excluding hydrogens is 416 g/mol. The van der Waals surface area contributed by atoms with E-state index in [-0.39, 0.29) is 0 Å². The predicted molar refractivity (Wildman–Crippen MR) is 136 cm³/mol. The van der Waals surface area contributed by atoms with Crippen molar-refractivity contribution >= 4 is 11.6 Å². The maximum Gasteiger partial charge on any atom is 0.0445 e. The fourth-order valence-electron chi connectivity index (χ4n) is 5.10. The lowest BCUT2D eigenvalue weighted by Gasteiger charge is -2.35. The SMILES string of the molecule is ClCC[C@H]1CCCCN1Cc1ccccc1.OCC[C@H]1CCCCN1Cc1ccccc1. The van der Waals surface area contributed by atoms with Gasteiger partial charge < -0.3 is 5.11 Å². The van der Waals surface area contributed by atoms with Crippen LogP contribution in [0.15, 0.2) is 60.7 Å². The number of alkyl halides is 1. The highest BCUT2D eigenvalue weighted by atomic mass is 35.5. The van der Waals surface area contributed by atoms with E-state index in [0.29, 0.717) is 18.7 Å². The zero-order valence-electron chi connectivity index (χ0n) is 19.5. The Bertz CT molecular complexity index is 659. The second-order valence-corrected chi connectivity index (χ2v) is 9.58. The van der Waals surface area contributed by atoms with Crippen LogP contribution >= 0.6 is 11.6 Å². The van der Waals surface area contributed by atoms with Crippen LogP contribution in [-0.2, 0) is 13.1 Å². The first kappa shape index (κ1) is 25.2. The van der Waals surface area contributed by atoms with Crippen molar-refractivity contribution in [1.29, 1.82) is 0 Å². The van der Waals surface area contributed by atoms with Crippen molar-refractivity contribution < 1.29 is 5.11 Å². The van der Waals surface area contributed by atoms with Crippen LogP contribution in [0.2, 0.25) is 0 Å². The minimum Gasteiger partial charge on any atom is -0.396 e. The van der Waals surface area contributed by atoms with Gasteiger partial charge in [0.15, 0.2) is 0 Å². The zero-order chi connectivity index (χ0) is 22.4. The van der Waals surface area contributed by atoms with E-state index >= 15 is 0 Å². The van der Waals surface area contributed by atoms with Gasteiger partial charge in [0.2, 0.25) is 0 Å². The molecule has 32 heavy (non-hydrogen) atoms. The van der Waals surface area contributed by atoms with Crippen molar-refractivity contribution in [3.8, 4) is 0 Å². The summed E-state index contributed by atoms with van der Waals surface area (Å²) in [6, 6.07) is 22.7. The maximum absolute atomic E-state index is 9.08. The van der Waals surface area contributed by atoms with E-state index in [1.54, 1.807) is 0 Å². The van der Waals surface area contributed by atoms with Gasteiger partial charge in [-0.1, -0.05) is 73.5 Å². The van der Waals surface area contributed by atoms with Crippen LogP contribution in [0.3, 0.4) is 0 Å². The van der Waals surface area contributed by atoms with Crippen molar-refractivity contribution in [2.45, 2.75) is 76.5 Å². The number of aliphatic hydroxyl groups excluding tert-OH is 1. The Morgan fingerprint density at radius 1 is 0.688 bits per heavy atom. The quantitative estimate of drug-likeness (QED) is 0.486. The van der Waals surface area contributed by atoms with Crippen LogP contribution in [0.1, 0.15) is 62.5 Å². The predicted octanol–water partition coefficient (Wildman–Crippen LogP) is 6.09. The Hall–Kier alpha value is -1.39. The minimum atomic E-state index is 0.315. The van der Waals surface area contributed by atoms with Crippen LogP contribution in [0.25, 0.3) is 0 Å². The van der Waals surface area contributed by atoms with E-state index in [0.717, 1.165) is 31.8 Å². The minimum absolute atomic E-state index is 0.315. The van der Waals surface area contributed by atoms with Gasteiger partial charge in [-0.15, -0.1) is 11.6 Å². The highest BCUT2D eigenvalue weighted by molar-refractivity contribution is 6.17. The summed E-state index contributed by atoms with van der Waals surface area (Å²) in [6.07, 6.45) is 9.94. The number of benzene rings is 2. The molecular formula is C28H41ClN2O. The molecule has 0 bridgehead atoms. The molecule has 4 rings (SSSR count). The normalized spacial score (nSPS) is 22.2. The molecule has 176 valence electrons. The highest BCUT2D eigenvalue weighted by Gasteiger charge is 2.22. The summed E-state index contributed by atoms with van der Waals surface area (Å²) in [5, 5.41) is 9.08. The molecule has 2 saturated heterocycles. The Balaban J connectivity index is 0.000000181. The first-order valence-electron chi connectivity index (χ1n) is 12.5. The number of piperidine rings is 2. The molecule has 0 amide bonds. The third kappa shape index (κ3) is 8.51. The third-order valence-corrected chi connectivity index (χ3v) is 7.08. The fraction of sp³-hybridized carbons (Fsp3) is 0.571. The van der Waals surface area contributed by atoms with Gasteiger partial charge >= 0.3 is 0 Å². The number of hydrogen-bond acceptors (Lipinski definition) is 3. The molecule has 2 atom stereocenters. The standard InChI is InChI=1S/C14H20ClN.C14H21NO/c15-10-9-14-8-4-5-11-16(14)12-13-6-2-1-3-7-13;16-11-9-14-8-4-5-10-15(14)12-13-6-2-1-3-7-13/h1-3,6-7,14H,4-5,8-12H2;1-3,6-7,14,16H,4-5,8-12H2/t2*14-/m11/s1. The van der Waals surface area contributed by atoms with Crippen LogP contribution in [0.4, 0.5) is 0 Å². The van der Waals surface area contributed by atoms with Crippen molar-refractivity contribution in [2.24, 2.45) is 0 Å². The summed E-state index contributed by atoms with van der Waals surface area (Å²) < 4.78 is 0. The number of aliphatic hydroxyl groups is 1. The Kier molecular flexibility index (Phi) is 11.6. The molecule has 2 aliphatic heterocycles. The Morgan fingerprint density at radius 3 is 1.59 bits per heavy atom. The van der Waals surface area contributed by atoms with Gasteiger partial charge in [0.1, 0.15) is 0 Å². The second kappa shape index (κ2) is 14.7. The average molecular weight is 457 g/mol. The van der Waals surface area contributed by atoms with E-state index in [9.17, 15) is 0 Å². The molecule has 3 nitrogen and oxygen atoms in total. The van der Waals surface area contributed by atoms with E-state index < -0.39 is 0 Å². The monoisotopic (exact) mass is 456 g/mol. The summed E-state index contributed by atoms with van der Waals surface area (Å²) in [6.45, 7) is 4.85. The molecule has 1 N–H and O–H groups in total. The lowest BCUT2D eigenvalue weighted by molar-refractivity contribution is 0.112. The van der Waals surface area contributed by atoms with E-state index in [1.165, 1.54) is 62.7 Å². The molecule has 4 heteroatoms. The molecule has 2 aromatic carbocycles. The third-order valence-electron chi connectivity index (χ3n) is 6.86. The van der Waals surface area contributed by atoms with Gasteiger partial charge in [-0.05, 0) is 62.7 Å². The van der Waals surface area contributed by atoms with Crippen molar-refractivity contribution in [3.05, 3.63) is 71.8 Å². The lowest BCUT2D eigenvalue weighted by Crippen LogP contribution is -2.39. The van der Waals surface area contributed by atoms with Crippen LogP contribution in [-0.4, -0.2) is 52.6 Å². The van der Waals surface area contributed by atoms with Crippen molar-refractivity contribution in [3.63, 3.8) is 0 Å². The zero-order valence-corrected chi connectivity index (χ0v) is 20.3. The van der Waals surface area contributed by atoms with Crippen LogP contribution < -0.4 is 0 Å². The molecule has 2 aliphatic rings. The lowest BCUT2D eigenvalue weighted by atomic mass is 9.99. The number of halogens is 1. The van der Waals surface area contributed by atoms with Crippen molar-refractivity contribution in [2.75, 3.05) is 25.6 Å². The summed E-state index contributed by atoms with van der Waals surface area (Å²) in [5.74, 6) is 0.788. The molecule has 0 aromatic heterocycles. The molecule has 2 heterocycles. The summed E-state index contributed by atoms with van der Waals surface area (Å²) in [5.41, 5.74) is 2.80. The smallest absolute Gasteiger partial charge is 0.0445 e. The topological polar surface area (TPSA) is 26.7 Å². The number of likely N-dealkylation sites (tertiary alicyclic amines) is 2. The molecule has 0 unspecified atom stereocenters. The van der Waals surface area contributed by atoms with Gasteiger partial charge in [-0.3, -0.25) is 9.80 Å². The Morgan fingerprint density at radius 2 is 1.16 bits per heavy atom. The highest BCUT2D eigenvalue weighted by Crippen LogP contribution is 2.23. The summed E-state index contributed by atoms with van der Waals surface area (Å²) in [4.78, 5) is 5.12. The molecule has 0 saturated carbocycles. The first-order valence-corrected chi connectivity index (χ1v) is 13.1. The van der Waals surface area contributed by atoms with Gasteiger partial charge in [0.25, 0.3) is 0 Å². The number of hydrogen-bond donors (Lipinski definition) is 1. The van der Waals surface area contributed by atoms with Crippen LogP contribution in [0.5, 0.6) is 0 Å². The molecule has 0 radical (unpaired) electrons. The first-order chi connectivity index (χ1) is 15.8. The fourth-order valence-corrected chi connectivity index (χ4v) is 5.35.